The second-order valence-corrected chi connectivity index (χ2v) is 3.72. The Bertz CT molecular complexity index is 389. The van der Waals surface area contributed by atoms with E-state index in [0.29, 0.717) is 12.0 Å². The molecule has 4 heteroatoms. The number of hydrogen-bond acceptors (Lipinski definition) is 3. The van der Waals surface area contributed by atoms with Gasteiger partial charge in [-0.3, -0.25) is 0 Å². The largest absolute Gasteiger partial charge is 0.394 e. The van der Waals surface area contributed by atoms with Gasteiger partial charge in [-0.2, -0.15) is 5.26 Å². The van der Waals surface area contributed by atoms with Crippen LogP contribution in [0.5, 0.6) is 0 Å². The van der Waals surface area contributed by atoms with Crippen LogP contribution in [0.3, 0.4) is 0 Å². The average molecular weight is 223 g/mol. The Hall–Kier alpha value is -1.44. The van der Waals surface area contributed by atoms with Gasteiger partial charge in [-0.1, -0.05) is 12.1 Å². The molecule has 1 rings (SSSR count). The molecule has 0 bridgehead atoms. The highest BCUT2D eigenvalue weighted by Crippen LogP contribution is 2.17. The third kappa shape index (κ3) is 3.61. The Morgan fingerprint density at radius 2 is 2.31 bits per heavy atom. The Balaban J connectivity index is 2.73. The number of halogens is 1. The van der Waals surface area contributed by atoms with Crippen molar-refractivity contribution in [2.45, 2.75) is 18.9 Å². The number of nitriles is 1. The van der Waals surface area contributed by atoms with E-state index in [9.17, 15) is 4.39 Å². The van der Waals surface area contributed by atoms with Crippen LogP contribution in [0.1, 0.15) is 12.5 Å². The molecular formula is C12H14FNO2. The van der Waals surface area contributed by atoms with Gasteiger partial charge in [0.05, 0.1) is 19.3 Å². The van der Waals surface area contributed by atoms with Gasteiger partial charge in [-0.15, -0.1) is 0 Å². The van der Waals surface area contributed by atoms with Gasteiger partial charge in [0.25, 0.3) is 0 Å². The molecule has 1 N–H and O–H groups in total. The van der Waals surface area contributed by atoms with Gasteiger partial charge in [0, 0.05) is 6.42 Å². The van der Waals surface area contributed by atoms with E-state index in [2.05, 4.69) is 0 Å². The number of aliphatic hydroxyl groups excluding tert-OH is 1. The van der Waals surface area contributed by atoms with E-state index < -0.39 is 5.60 Å². The molecule has 0 aliphatic rings. The molecule has 0 amide bonds. The SMILES string of the molecule is CC(C#N)(Cc1cccc(F)c1)OCCO. The molecule has 1 atom stereocenters. The summed E-state index contributed by atoms with van der Waals surface area (Å²) in [6.45, 7) is 1.58. The molecular weight excluding hydrogens is 209 g/mol. The lowest BCUT2D eigenvalue weighted by Crippen LogP contribution is -2.30. The van der Waals surface area contributed by atoms with Crippen molar-refractivity contribution in [3.05, 3.63) is 35.6 Å². The predicted molar refractivity (Wildman–Crippen MR) is 57.2 cm³/mol. The zero-order chi connectivity index (χ0) is 12.0. The van der Waals surface area contributed by atoms with E-state index >= 15 is 0 Å². The molecule has 16 heavy (non-hydrogen) atoms. The van der Waals surface area contributed by atoms with Crippen LogP contribution < -0.4 is 0 Å². The quantitative estimate of drug-likeness (QED) is 0.825. The molecule has 1 unspecified atom stereocenters. The van der Waals surface area contributed by atoms with Crippen molar-refractivity contribution in [1.29, 1.82) is 5.26 Å². The Morgan fingerprint density at radius 3 is 2.88 bits per heavy atom. The number of aliphatic hydroxyl groups is 1. The summed E-state index contributed by atoms with van der Waals surface area (Å²) >= 11 is 0. The minimum absolute atomic E-state index is 0.0966. The highest BCUT2D eigenvalue weighted by molar-refractivity contribution is 5.20. The van der Waals surface area contributed by atoms with Crippen LogP contribution in [-0.4, -0.2) is 23.9 Å². The molecule has 3 nitrogen and oxygen atoms in total. The second-order valence-electron chi connectivity index (χ2n) is 3.72. The molecule has 0 fully saturated rings. The molecule has 0 aliphatic carbocycles. The third-order valence-corrected chi connectivity index (χ3v) is 2.18. The average Bonchev–Trinajstić information content (AvgIpc) is 2.26. The van der Waals surface area contributed by atoms with Gasteiger partial charge in [0.15, 0.2) is 5.60 Å². The predicted octanol–water partition coefficient (Wildman–Crippen LogP) is 1.66. The lowest BCUT2D eigenvalue weighted by Gasteiger charge is -2.21. The fraction of sp³-hybridized carbons (Fsp3) is 0.417. The number of nitrogens with zero attached hydrogens (tertiary/aromatic N) is 1. The van der Waals surface area contributed by atoms with Gasteiger partial charge in [0.1, 0.15) is 5.82 Å². The van der Waals surface area contributed by atoms with Gasteiger partial charge >= 0.3 is 0 Å². The van der Waals surface area contributed by atoms with E-state index in [0.717, 1.165) is 0 Å². The highest BCUT2D eigenvalue weighted by Gasteiger charge is 2.25. The minimum atomic E-state index is -1.03. The lowest BCUT2D eigenvalue weighted by molar-refractivity contribution is -0.00701. The summed E-state index contributed by atoms with van der Waals surface area (Å²) in [7, 11) is 0. The van der Waals surface area contributed by atoms with Crippen LogP contribution >= 0.6 is 0 Å². The lowest BCUT2D eigenvalue weighted by atomic mass is 9.98. The van der Waals surface area contributed by atoms with E-state index in [1.165, 1.54) is 12.1 Å². The van der Waals surface area contributed by atoms with Crippen molar-refractivity contribution in [2.24, 2.45) is 0 Å². The van der Waals surface area contributed by atoms with Crippen molar-refractivity contribution >= 4 is 0 Å². The number of hydrogen-bond donors (Lipinski definition) is 1. The zero-order valence-electron chi connectivity index (χ0n) is 9.11. The number of ether oxygens (including phenoxy) is 1. The Morgan fingerprint density at radius 1 is 1.56 bits per heavy atom. The summed E-state index contributed by atoms with van der Waals surface area (Å²) < 4.78 is 18.2. The second kappa shape index (κ2) is 5.59. The van der Waals surface area contributed by atoms with Gasteiger partial charge in [0.2, 0.25) is 0 Å². The van der Waals surface area contributed by atoms with Crippen LogP contribution in [0, 0.1) is 17.1 Å². The Labute approximate surface area is 94.1 Å². The van der Waals surface area contributed by atoms with E-state index in [1.54, 1.807) is 19.1 Å². The summed E-state index contributed by atoms with van der Waals surface area (Å²) in [5.41, 5.74) is -0.335. The molecule has 1 aromatic rings. The van der Waals surface area contributed by atoms with Gasteiger partial charge < -0.3 is 9.84 Å². The molecule has 0 saturated carbocycles. The normalized spacial score (nSPS) is 14.1. The first-order valence-corrected chi connectivity index (χ1v) is 5.00. The maximum atomic E-state index is 12.9. The van der Waals surface area contributed by atoms with Crippen molar-refractivity contribution in [2.75, 3.05) is 13.2 Å². The smallest absolute Gasteiger partial charge is 0.155 e. The molecule has 1 aromatic carbocycles. The van der Waals surface area contributed by atoms with Crippen LogP contribution in [0.2, 0.25) is 0 Å². The fourth-order valence-electron chi connectivity index (χ4n) is 1.43. The summed E-state index contributed by atoms with van der Waals surface area (Å²) in [4.78, 5) is 0. The highest BCUT2D eigenvalue weighted by atomic mass is 19.1. The first-order valence-electron chi connectivity index (χ1n) is 5.00. The molecule has 0 aliphatic heterocycles. The van der Waals surface area contributed by atoms with Crippen molar-refractivity contribution < 1.29 is 14.2 Å². The molecule has 0 radical (unpaired) electrons. The monoisotopic (exact) mass is 223 g/mol. The van der Waals surface area contributed by atoms with E-state index in [4.69, 9.17) is 15.1 Å². The molecule has 0 saturated heterocycles. The van der Waals surface area contributed by atoms with Crippen molar-refractivity contribution in [1.82, 2.24) is 0 Å². The summed E-state index contributed by atoms with van der Waals surface area (Å²) in [5.74, 6) is -0.333. The standard InChI is InChI=1S/C12H14FNO2/c1-12(9-14,16-6-5-15)8-10-3-2-4-11(13)7-10/h2-4,7,15H,5-6,8H2,1H3. The maximum Gasteiger partial charge on any atom is 0.155 e. The van der Waals surface area contributed by atoms with E-state index in [1.807, 2.05) is 6.07 Å². The maximum absolute atomic E-state index is 12.9. The molecule has 0 heterocycles. The van der Waals surface area contributed by atoms with Crippen LogP contribution in [0.4, 0.5) is 4.39 Å². The van der Waals surface area contributed by atoms with Gasteiger partial charge in [-0.25, -0.2) is 4.39 Å². The van der Waals surface area contributed by atoms with Crippen molar-refractivity contribution in [3.8, 4) is 6.07 Å². The Kier molecular flexibility index (Phi) is 4.41. The summed E-state index contributed by atoms with van der Waals surface area (Å²) in [6.07, 6.45) is 0.293. The van der Waals surface area contributed by atoms with Crippen LogP contribution in [0.15, 0.2) is 24.3 Å². The summed E-state index contributed by atoms with van der Waals surface area (Å²) in [6, 6.07) is 8.08. The topological polar surface area (TPSA) is 53.2 Å². The first kappa shape index (κ1) is 12.6. The van der Waals surface area contributed by atoms with Gasteiger partial charge in [-0.05, 0) is 24.6 Å². The molecule has 0 aromatic heterocycles. The molecule has 86 valence electrons. The minimum Gasteiger partial charge on any atom is -0.394 e. The fourth-order valence-corrected chi connectivity index (χ4v) is 1.43. The molecule has 0 spiro atoms. The van der Waals surface area contributed by atoms with Crippen molar-refractivity contribution in [3.63, 3.8) is 0 Å². The first-order chi connectivity index (χ1) is 7.59. The summed E-state index contributed by atoms with van der Waals surface area (Å²) in [5, 5.41) is 17.6. The number of rotatable bonds is 5. The third-order valence-electron chi connectivity index (χ3n) is 2.18. The van der Waals surface area contributed by atoms with Crippen LogP contribution in [-0.2, 0) is 11.2 Å². The van der Waals surface area contributed by atoms with E-state index in [-0.39, 0.29) is 19.0 Å². The number of benzene rings is 1. The zero-order valence-corrected chi connectivity index (χ0v) is 9.11. The van der Waals surface area contributed by atoms with Crippen LogP contribution in [0.25, 0.3) is 0 Å².